The van der Waals surface area contributed by atoms with Gasteiger partial charge in [-0.1, -0.05) is 43.3 Å². The molecule has 0 radical (unpaired) electrons. The predicted molar refractivity (Wildman–Crippen MR) is 99.4 cm³/mol. The van der Waals surface area contributed by atoms with E-state index < -0.39 is 79.8 Å². The molecule has 0 spiro atoms. The van der Waals surface area contributed by atoms with Crippen molar-refractivity contribution in [3.8, 4) is 0 Å². The van der Waals surface area contributed by atoms with E-state index in [1.807, 2.05) is 0 Å². The van der Waals surface area contributed by atoms with Crippen molar-refractivity contribution in [3.63, 3.8) is 0 Å². The minimum atomic E-state index is -3.18. The molecule has 1 saturated heterocycles. The lowest BCUT2D eigenvalue weighted by molar-refractivity contribution is -0.199. The first-order chi connectivity index (χ1) is 16.1. The van der Waals surface area contributed by atoms with Crippen molar-refractivity contribution in [1.82, 2.24) is 0 Å². The highest BCUT2D eigenvalue weighted by Gasteiger charge is 2.35. The quantitative estimate of drug-likeness (QED) is 0.405. The molecular weight excluding hydrogens is 336 g/mol. The minimum Gasteiger partial charge on any atom is -0.481 e. The Kier molecular flexibility index (Phi) is 5.61. The van der Waals surface area contributed by atoms with Gasteiger partial charge in [0, 0.05) is 20.1 Å². The molecule has 1 unspecified atom stereocenters. The van der Waals surface area contributed by atoms with Gasteiger partial charge in [0.25, 0.3) is 0 Å². The lowest BCUT2D eigenvalue weighted by atomic mass is 9.87. The normalized spacial score (nSPS) is 48.2. The fraction of sp³-hybridized carbons (Fsp3) is 0.650. The monoisotopic (exact) mass is 388 g/mol. The van der Waals surface area contributed by atoms with E-state index in [-0.39, 0.29) is 31.7 Å². The van der Waals surface area contributed by atoms with Crippen LogP contribution in [0, 0.1) is 5.89 Å². The molecule has 0 aliphatic carbocycles. The second-order valence-corrected chi connectivity index (χ2v) is 5.36. The molecule has 4 N–H and O–H groups in total. The van der Waals surface area contributed by atoms with Crippen LogP contribution < -0.4 is 0 Å². The molecule has 1 rings (SSSR count). The van der Waals surface area contributed by atoms with Crippen LogP contribution in [0.3, 0.4) is 0 Å². The standard InChI is InChI=1S/C20H32O6/c1-2-3-6-9-15(21)12-13-18-16(17(22)14-20(25)26-18)10-7-4-5-8-11-19(23)24/h3-4,6-7,12-13,15-18,20-22,25H,2,5,8-11,14H2,1H3,(H,23,24)/b6-3-,7-4-,13-12+/t15-,16-,17-,18+,20?/m0/s1/i3T,4T,6T,7T,12T,15T,16T,17T,18T,20T. The summed E-state index contributed by atoms with van der Waals surface area (Å²) in [5.74, 6) is -4.11. The molecule has 6 nitrogen and oxygen atoms in total. The highest BCUT2D eigenvalue weighted by atomic mass is 16.6. The number of hydrogen-bond donors (Lipinski definition) is 4. The summed E-state index contributed by atoms with van der Waals surface area (Å²) in [7, 11) is 0. The van der Waals surface area contributed by atoms with Gasteiger partial charge in [-0.25, -0.2) is 0 Å². The van der Waals surface area contributed by atoms with Gasteiger partial charge in [0.2, 0.25) is 0 Å². The Morgan fingerprint density at radius 3 is 2.85 bits per heavy atom. The fourth-order valence-corrected chi connectivity index (χ4v) is 1.96. The van der Waals surface area contributed by atoms with Crippen molar-refractivity contribution in [3.05, 3.63) is 36.3 Å². The Bertz CT molecular complexity index is 932. The van der Waals surface area contributed by atoms with Crippen LogP contribution in [0.2, 0.25) is 0 Å². The smallest absolute Gasteiger partial charge is 0.303 e. The zero-order chi connectivity index (χ0) is 28.3. The largest absolute Gasteiger partial charge is 0.481 e. The molecule has 148 valence electrons. The molecule has 0 amide bonds. The molecule has 1 aliphatic heterocycles. The maximum absolute atomic E-state index is 10.7. The van der Waals surface area contributed by atoms with E-state index in [4.69, 9.17) is 23.6 Å². The van der Waals surface area contributed by atoms with Gasteiger partial charge in [0.05, 0.1) is 30.6 Å². The van der Waals surface area contributed by atoms with Crippen molar-refractivity contribution in [1.29, 1.82) is 0 Å². The third kappa shape index (κ3) is 9.29. The molecule has 5 atom stereocenters. The van der Waals surface area contributed by atoms with Crippen LogP contribution in [0.15, 0.2) is 36.3 Å². The molecule has 0 bridgehead atoms. The van der Waals surface area contributed by atoms with Gasteiger partial charge in [0.1, 0.15) is 0 Å². The SMILES string of the molecule is [3H]/C(CC)=C(\[3H])C[C@]([3H])(O)/C([3H])=C/[C@@]1([3H])OC([3H])(O)C[C@]([3H])(O)[C@]1([3H])C/C([3H])=C(/[3H])CCCC(=O)O. The number of carboxylic acids is 1. The third-order valence-electron chi connectivity index (χ3n) is 3.20. The van der Waals surface area contributed by atoms with Crippen LogP contribution in [-0.2, 0) is 9.53 Å². The predicted octanol–water partition coefficient (Wildman–Crippen LogP) is 2.55. The van der Waals surface area contributed by atoms with E-state index >= 15 is 0 Å². The Hall–Kier alpha value is -1.47. The average molecular weight is 389 g/mol. The first-order valence-corrected chi connectivity index (χ1v) is 8.22. The van der Waals surface area contributed by atoms with Crippen LogP contribution in [0.1, 0.15) is 65.6 Å². The molecule has 6 heteroatoms. The van der Waals surface area contributed by atoms with Gasteiger partial charge in [-0.05, 0) is 32.1 Å². The van der Waals surface area contributed by atoms with E-state index in [2.05, 4.69) is 0 Å². The summed E-state index contributed by atoms with van der Waals surface area (Å²) in [6, 6.07) is -2.99. The van der Waals surface area contributed by atoms with Crippen LogP contribution in [0.4, 0.5) is 0 Å². The van der Waals surface area contributed by atoms with Gasteiger partial charge in [-0.3, -0.25) is 4.79 Å². The molecule has 0 aromatic carbocycles. The lowest BCUT2D eigenvalue weighted by Gasteiger charge is -2.36. The van der Waals surface area contributed by atoms with Crippen molar-refractivity contribution in [2.75, 3.05) is 0 Å². The Labute approximate surface area is 169 Å². The number of aliphatic carboxylic acids is 1. The maximum atomic E-state index is 10.7. The molecule has 0 aromatic heterocycles. The zero-order valence-corrected chi connectivity index (χ0v) is 14.6. The molecule has 1 fully saturated rings. The highest BCUT2D eigenvalue weighted by molar-refractivity contribution is 5.66. The number of allylic oxidation sites excluding steroid dienone is 3. The van der Waals surface area contributed by atoms with Crippen molar-refractivity contribution in [2.45, 2.75) is 76.4 Å². The summed E-state index contributed by atoms with van der Waals surface area (Å²) < 4.78 is 85.8. The summed E-state index contributed by atoms with van der Waals surface area (Å²) in [5.41, 5.74) is 0. The summed E-state index contributed by atoms with van der Waals surface area (Å²) in [5, 5.41) is 39.9. The third-order valence-corrected chi connectivity index (χ3v) is 3.20. The number of rotatable bonds is 11. The zero-order valence-electron chi connectivity index (χ0n) is 24.6. The van der Waals surface area contributed by atoms with E-state index in [1.54, 1.807) is 6.92 Å². The van der Waals surface area contributed by atoms with Crippen molar-refractivity contribution < 1.29 is 43.7 Å². The van der Waals surface area contributed by atoms with Gasteiger partial charge in [-0.15, -0.1) is 0 Å². The van der Waals surface area contributed by atoms with E-state index in [1.165, 1.54) is 0 Å². The van der Waals surface area contributed by atoms with Gasteiger partial charge < -0.3 is 25.2 Å². The molecule has 0 saturated carbocycles. The molecule has 26 heavy (non-hydrogen) atoms. The topological polar surface area (TPSA) is 107 Å². The Balaban J connectivity index is 3.55. The second-order valence-electron chi connectivity index (χ2n) is 5.36. The van der Waals surface area contributed by atoms with Gasteiger partial charge >= 0.3 is 5.97 Å². The summed E-state index contributed by atoms with van der Waals surface area (Å²) >= 11 is 0. The molecule has 1 heterocycles. The van der Waals surface area contributed by atoms with Gasteiger partial charge in [0.15, 0.2) is 6.27 Å². The van der Waals surface area contributed by atoms with Crippen LogP contribution in [0.25, 0.3) is 0 Å². The Morgan fingerprint density at radius 1 is 1.38 bits per heavy atom. The molecule has 1 aliphatic rings. The van der Waals surface area contributed by atoms with Crippen molar-refractivity contribution >= 4 is 5.97 Å². The van der Waals surface area contributed by atoms with Crippen LogP contribution >= 0.6 is 0 Å². The summed E-state index contributed by atoms with van der Waals surface area (Å²) in [6.45, 7) is 1.55. The Morgan fingerprint density at radius 2 is 2.15 bits per heavy atom. The molecular formula is C20H32O6. The van der Waals surface area contributed by atoms with Crippen LogP contribution in [0.5, 0.6) is 0 Å². The van der Waals surface area contributed by atoms with E-state index in [9.17, 15) is 20.1 Å². The lowest BCUT2D eigenvalue weighted by Crippen LogP contribution is -2.43. The van der Waals surface area contributed by atoms with Crippen LogP contribution in [-0.4, -0.2) is 50.9 Å². The molecule has 0 aromatic rings. The second kappa shape index (κ2) is 12.8. The first kappa shape index (κ1) is 11.4. The maximum Gasteiger partial charge on any atom is 0.303 e. The highest BCUT2D eigenvalue weighted by Crippen LogP contribution is 2.29. The summed E-state index contributed by atoms with van der Waals surface area (Å²) in [4.78, 5) is 10.7. The first-order valence-electron chi connectivity index (χ1n) is 13.2. The number of aliphatic hydroxyl groups is 3. The number of hydrogen-bond acceptors (Lipinski definition) is 5. The summed E-state index contributed by atoms with van der Waals surface area (Å²) in [6.07, 6.45) is -15.6. The fourth-order valence-electron chi connectivity index (χ4n) is 1.96. The minimum absolute atomic E-state index is 0.0248. The van der Waals surface area contributed by atoms with Gasteiger partial charge in [-0.2, -0.15) is 0 Å². The number of carbonyl (C=O) groups is 1. The van der Waals surface area contributed by atoms with E-state index in [0.717, 1.165) is 0 Å². The average Bonchev–Trinajstić information content (AvgIpc) is 2.69. The number of ether oxygens (including phenoxy) is 1. The van der Waals surface area contributed by atoms with E-state index in [0.29, 0.717) is 6.08 Å². The van der Waals surface area contributed by atoms with Crippen molar-refractivity contribution in [2.24, 2.45) is 5.89 Å². The number of carboxylic acid groups (broad SMARTS) is 1.